The number of rotatable bonds is 6. The highest BCUT2D eigenvalue weighted by Gasteiger charge is 2.32. The lowest BCUT2D eigenvalue weighted by Gasteiger charge is -2.24. The Bertz CT molecular complexity index is 1310. The molecule has 3 aromatic rings. The molecular formula is C23H25N3O4S2. The summed E-state index contributed by atoms with van der Waals surface area (Å²) in [5, 5.41) is 0.991. The highest BCUT2D eigenvalue weighted by Crippen LogP contribution is 2.26. The topological polar surface area (TPSA) is 89.3 Å². The van der Waals surface area contributed by atoms with Gasteiger partial charge in [-0.3, -0.25) is 14.2 Å². The average Bonchev–Trinajstić information content (AvgIpc) is 3.16. The van der Waals surface area contributed by atoms with Crippen LogP contribution in [0.2, 0.25) is 0 Å². The smallest absolute Gasteiger partial charge is 0.262 e. The van der Waals surface area contributed by atoms with Gasteiger partial charge in [0.2, 0.25) is 5.91 Å². The van der Waals surface area contributed by atoms with Crippen molar-refractivity contribution in [2.75, 3.05) is 24.3 Å². The van der Waals surface area contributed by atoms with Gasteiger partial charge in [-0.25, -0.2) is 13.4 Å². The van der Waals surface area contributed by atoms with E-state index in [1.54, 1.807) is 23.7 Å². The molecule has 1 aliphatic heterocycles. The van der Waals surface area contributed by atoms with Crippen molar-refractivity contribution in [2.45, 2.75) is 30.6 Å². The van der Waals surface area contributed by atoms with Crippen LogP contribution < -0.4 is 5.56 Å². The Kier molecular flexibility index (Phi) is 6.39. The summed E-state index contributed by atoms with van der Waals surface area (Å²) in [4.78, 5) is 32.4. The molecule has 2 atom stereocenters. The van der Waals surface area contributed by atoms with Crippen LogP contribution in [0, 0.1) is 0 Å². The van der Waals surface area contributed by atoms with Crippen LogP contribution in [-0.2, 0) is 14.6 Å². The normalized spacial score (nSPS) is 18.5. The molecule has 1 aromatic heterocycles. The quantitative estimate of drug-likeness (QED) is 0.406. The summed E-state index contributed by atoms with van der Waals surface area (Å²) in [5.74, 6) is 0.00450. The molecule has 0 bridgehead atoms. The minimum atomic E-state index is -3.08. The van der Waals surface area contributed by atoms with Crippen LogP contribution in [0.25, 0.3) is 10.9 Å². The van der Waals surface area contributed by atoms with Gasteiger partial charge in [0, 0.05) is 13.1 Å². The fraction of sp³-hybridized carbons (Fsp3) is 0.348. The van der Waals surface area contributed by atoms with E-state index in [1.807, 2.05) is 49.4 Å². The van der Waals surface area contributed by atoms with E-state index in [4.69, 9.17) is 4.98 Å². The van der Waals surface area contributed by atoms with E-state index in [-0.39, 0.29) is 40.8 Å². The third kappa shape index (κ3) is 4.59. The molecule has 32 heavy (non-hydrogen) atoms. The van der Waals surface area contributed by atoms with Crippen molar-refractivity contribution >= 4 is 38.4 Å². The number of thioether (sulfide) groups is 1. The summed E-state index contributed by atoms with van der Waals surface area (Å²) in [7, 11) is -1.44. The number of sulfone groups is 1. The number of amides is 1. The molecule has 1 fully saturated rings. The molecule has 1 saturated heterocycles. The number of para-hydroxylation sites is 1. The first-order chi connectivity index (χ1) is 15.3. The summed E-state index contributed by atoms with van der Waals surface area (Å²) in [6.07, 6.45) is 0.458. The van der Waals surface area contributed by atoms with Gasteiger partial charge in [-0.1, -0.05) is 54.2 Å². The number of hydrogen-bond donors (Lipinski definition) is 0. The van der Waals surface area contributed by atoms with E-state index in [2.05, 4.69) is 0 Å². The maximum atomic E-state index is 13.4. The molecule has 7 nitrogen and oxygen atoms in total. The molecule has 1 amide bonds. The van der Waals surface area contributed by atoms with E-state index in [0.717, 1.165) is 5.56 Å². The van der Waals surface area contributed by atoms with Crippen molar-refractivity contribution in [3.63, 3.8) is 0 Å². The largest absolute Gasteiger partial charge is 0.341 e. The highest BCUT2D eigenvalue weighted by molar-refractivity contribution is 7.99. The van der Waals surface area contributed by atoms with Crippen LogP contribution in [0.3, 0.4) is 0 Å². The van der Waals surface area contributed by atoms with Crippen LogP contribution in [0.5, 0.6) is 0 Å². The SMILES string of the molecule is C[C@H](c1ccccc1)n1c(SCC(=O)N(C)[C@@H]2CCS(=O)(=O)C2)nc2ccccc2c1=O. The van der Waals surface area contributed by atoms with Crippen LogP contribution >= 0.6 is 11.8 Å². The lowest BCUT2D eigenvalue weighted by atomic mass is 10.1. The molecule has 2 aromatic carbocycles. The second kappa shape index (κ2) is 9.07. The Morgan fingerprint density at radius 2 is 1.88 bits per heavy atom. The van der Waals surface area contributed by atoms with Gasteiger partial charge in [0.1, 0.15) is 0 Å². The lowest BCUT2D eigenvalue weighted by Crippen LogP contribution is -2.39. The number of benzene rings is 2. The predicted octanol–water partition coefficient (Wildman–Crippen LogP) is 2.74. The molecule has 2 heterocycles. The number of fused-ring (bicyclic) bond motifs is 1. The third-order valence-corrected chi connectivity index (χ3v) is 8.61. The van der Waals surface area contributed by atoms with E-state index in [9.17, 15) is 18.0 Å². The number of nitrogens with zero attached hydrogens (tertiary/aromatic N) is 3. The van der Waals surface area contributed by atoms with Gasteiger partial charge in [-0.2, -0.15) is 0 Å². The minimum absolute atomic E-state index is 0.00385. The average molecular weight is 472 g/mol. The fourth-order valence-corrected chi connectivity index (χ4v) is 6.74. The molecular weight excluding hydrogens is 446 g/mol. The van der Waals surface area contributed by atoms with Gasteiger partial charge in [0.05, 0.1) is 34.2 Å². The Morgan fingerprint density at radius 1 is 1.19 bits per heavy atom. The van der Waals surface area contributed by atoms with Gasteiger partial charge < -0.3 is 4.90 Å². The monoisotopic (exact) mass is 471 g/mol. The van der Waals surface area contributed by atoms with Crippen LogP contribution in [-0.4, -0.2) is 59.1 Å². The maximum absolute atomic E-state index is 13.4. The first kappa shape index (κ1) is 22.5. The fourth-order valence-electron chi connectivity index (χ4n) is 3.96. The molecule has 4 rings (SSSR count). The Morgan fingerprint density at radius 3 is 2.56 bits per heavy atom. The Balaban J connectivity index is 1.64. The van der Waals surface area contributed by atoms with Crippen molar-refractivity contribution in [2.24, 2.45) is 0 Å². The molecule has 0 aliphatic carbocycles. The lowest BCUT2D eigenvalue weighted by molar-refractivity contribution is -0.128. The molecule has 168 valence electrons. The standard InChI is InChI=1S/C23H25N3O4S2/c1-16(17-8-4-3-5-9-17)26-22(28)19-10-6-7-11-20(19)24-23(26)31-14-21(27)25(2)18-12-13-32(29,30)15-18/h3-11,16,18H,12-15H2,1-2H3/t16-,18-/m1/s1. The van der Waals surface area contributed by atoms with Crippen molar-refractivity contribution in [3.05, 3.63) is 70.5 Å². The Hall–Kier alpha value is -2.65. The predicted molar refractivity (Wildman–Crippen MR) is 127 cm³/mol. The van der Waals surface area contributed by atoms with Gasteiger partial charge in [-0.05, 0) is 31.0 Å². The van der Waals surface area contributed by atoms with Crippen molar-refractivity contribution in [1.29, 1.82) is 0 Å². The third-order valence-electron chi connectivity index (χ3n) is 5.92. The van der Waals surface area contributed by atoms with E-state index >= 15 is 0 Å². The molecule has 0 radical (unpaired) electrons. The first-order valence-corrected chi connectivity index (χ1v) is 13.2. The Labute approximate surface area is 191 Å². The molecule has 9 heteroatoms. The zero-order valence-corrected chi connectivity index (χ0v) is 19.6. The molecule has 0 N–H and O–H groups in total. The molecule has 0 spiro atoms. The summed E-state index contributed by atoms with van der Waals surface area (Å²) in [6, 6.07) is 16.3. The highest BCUT2D eigenvalue weighted by atomic mass is 32.2. The zero-order chi connectivity index (χ0) is 22.9. The van der Waals surface area contributed by atoms with Gasteiger partial charge >= 0.3 is 0 Å². The van der Waals surface area contributed by atoms with Gasteiger partial charge in [0.15, 0.2) is 15.0 Å². The van der Waals surface area contributed by atoms with Gasteiger partial charge in [-0.15, -0.1) is 0 Å². The molecule has 1 aliphatic rings. The van der Waals surface area contributed by atoms with Crippen LogP contribution in [0.4, 0.5) is 0 Å². The number of aromatic nitrogens is 2. The van der Waals surface area contributed by atoms with E-state index in [0.29, 0.717) is 22.5 Å². The molecule has 0 saturated carbocycles. The summed E-state index contributed by atoms with van der Waals surface area (Å²) in [5.41, 5.74) is 1.39. The van der Waals surface area contributed by atoms with Gasteiger partial charge in [0.25, 0.3) is 5.56 Å². The zero-order valence-electron chi connectivity index (χ0n) is 18.0. The summed E-state index contributed by atoms with van der Waals surface area (Å²) < 4.78 is 25.2. The molecule has 0 unspecified atom stereocenters. The maximum Gasteiger partial charge on any atom is 0.262 e. The summed E-state index contributed by atoms with van der Waals surface area (Å²) in [6.45, 7) is 1.94. The van der Waals surface area contributed by atoms with E-state index in [1.165, 1.54) is 16.7 Å². The van der Waals surface area contributed by atoms with Crippen molar-refractivity contribution < 1.29 is 13.2 Å². The van der Waals surface area contributed by atoms with Crippen LogP contribution in [0.15, 0.2) is 64.5 Å². The van der Waals surface area contributed by atoms with E-state index < -0.39 is 9.84 Å². The first-order valence-electron chi connectivity index (χ1n) is 10.4. The van der Waals surface area contributed by atoms with Crippen molar-refractivity contribution in [1.82, 2.24) is 14.5 Å². The number of carbonyl (C=O) groups excluding carboxylic acids is 1. The van der Waals surface area contributed by atoms with Crippen molar-refractivity contribution in [3.8, 4) is 0 Å². The number of hydrogen-bond acceptors (Lipinski definition) is 6. The second-order valence-corrected chi connectivity index (χ2v) is 11.2. The van der Waals surface area contributed by atoms with Crippen LogP contribution in [0.1, 0.15) is 24.9 Å². The second-order valence-electron chi connectivity index (χ2n) is 8.02. The number of carbonyl (C=O) groups is 1. The summed E-state index contributed by atoms with van der Waals surface area (Å²) >= 11 is 1.21. The minimum Gasteiger partial charge on any atom is -0.341 e.